The number of amides is 1. The lowest BCUT2D eigenvalue weighted by Gasteiger charge is -2.08. The van der Waals surface area contributed by atoms with Crippen molar-refractivity contribution in [2.45, 2.75) is 13.2 Å². The molecule has 0 aliphatic carbocycles. The average molecular weight is 402 g/mol. The normalized spacial score (nSPS) is 14.2. The lowest BCUT2D eigenvalue weighted by atomic mass is 10.2. The van der Waals surface area contributed by atoms with Crippen molar-refractivity contribution in [3.8, 4) is 11.5 Å². The molecule has 1 amide bonds. The number of carbonyl (C=O) groups excluding carboxylic acids is 1. The van der Waals surface area contributed by atoms with E-state index in [1.807, 2.05) is 0 Å². The van der Waals surface area contributed by atoms with E-state index in [0.717, 1.165) is 0 Å². The van der Waals surface area contributed by atoms with Gasteiger partial charge in [0.15, 0.2) is 11.5 Å². The van der Waals surface area contributed by atoms with Crippen LogP contribution < -0.4 is 20.1 Å². The summed E-state index contributed by atoms with van der Waals surface area (Å²) >= 11 is 7.23. The molecule has 6 nitrogen and oxygen atoms in total. The number of ether oxygens (including phenoxy) is 2. The number of nitrogens with zero attached hydrogens (tertiary/aromatic N) is 1. The van der Waals surface area contributed by atoms with Crippen LogP contribution in [0.5, 0.6) is 11.5 Å². The van der Waals surface area contributed by atoms with E-state index in [-0.39, 0.29) is 22.6 Å². The van der Waals surface area contributed by atoms with Gasteiger partial charge in [0.2, 0.25) is 0 Å². The number of aryl methyl sites for hydroxylation is 1. The zero-order valence-electron chi connectivity index (χ0n) is 13.5. The summed E-state index contributed by atoms with van der Waals surface area (Å²) in [5, 5.41) is 6.04. The van der Waals surface area contributed by atoms with Gasteiger partial charge in [-0.05, 0) is 31.2 Å². The third kappa shape index (κ3) is 4.67. The maximum absolute atomic E-state index is 13.0. The SMILES string of the molecule is Cc1cc(C(=O)NCSCNc2ccc3c(c2)OC(F)(F)O3)cc(Cl)n1. The van der Waals surface area contributed by atoms with Gasteiger partial charge in [0.25, 0.3) is 5.91 Å². The molecule has 1 aliphatic rings. The molecule has 0 saturated carbocycles. The van der Waals surface area contributed by atoms with Crippen molar-refractivity contribution in [3.63, 3.8) is 0 Å². The number of fused-ring (bicyclic) bond motifs is 1. The van der Waals surface area contributed by atoms with Crippen LogP contribution in [0.2, 0.25) is 5.15 Å². The molecule has 138 valence electrons. The Labute approximate surface area is 157 Å². The molecule has 26 heavy (non-hydrogen) atoms. The number of hydrogen-bond acceptors (Lipinski definition) is 6. The summed E-state index contributed by atoms with van der Waals surface area (Å²) in [6, 6.07) is 7.57. The lowest BCUT2D eigenvalue weighted by Crippen LogP contribution is -2.25. The van der Waals surface area contributed by atoms with Gasteiger partial charge in [-0.25, -0.2) is 4.98 Å². The number of nitrogens with one attached hydrogen (secondary N) is 2. The summed E-state index contributed by atoms with van der Waals surface area (Å²) < 4.78 is 34.6. The maximum Gasteiger partial charge on any atom is 0.586 e. The molecule has 1 aliphatic heterocycles. The van der Waals surface area contributed by atoms with Crippen molar-refractivity contribution < 1.29 is 23.0 Å². The van der Waals surface area contributed by atoms with E-state index in [9.17, 15) is 13.6 Å². The number of thioether (sulfide) groups is 1. The first kappa shape index (κ1) is 18.5. The highest BCUT2D eigenvalue weighted by Crippen LogP contribution is 2.42. The fourth-order valence-corrected chi connectivity index (χ4v) is 3.08. The standard InChI is InChI=1S/C16H14ClF2N3O3S/c1-9-4-10(5-14(17)22-9)15(23)21-8-26-7-20-11-2-3-12-13(6-11)25-16(18,19)24-12/h2-6,20H,7-8H2,1H3,(H,21,23). The van der Waals surface area contributed by atoms with Gasteiger partial charge in [0, 0.05) is 23.0 Å². The Balaban J connectivity index is 1.43. The van der Waals surface area contributed by atoms with Crippen LogP contribution in [0.4, 0.5) is 14.5 Å². The maximum atomic E-state index is 13.0. The van der Waals surface area contributed by atoms with Crippen molar-refractivity contribution in [1.82, 2.24) is 10.3 Å². The molecule has 1 aromatic carbocycles. The van der Waals surface area contributed by atoms with E-state index >= 15 is 0 Å². The summed E-state index contributed by atoms with van der Waals surface area (Å²) in [6.07, 6.45) is -3.63. The molecule has 1 aromatic heterocycles. The number of alkyl halides is 2. The molecule has 0 bridgehead atoms. The molecular formula is C16H14ClF2N3O3S. The van der Waals surface area contributed by atoms with Crippen LogP contribution in [0.25, 0.3) is 0 Å². The monoisotopic (exact) mass is 401 g/mol. The molecule has 3 rings (SSSR count). The lowest BCUT2D eigenvalue weighted by molar-refractivity contribution is -0.286. The van der Waals surface area contributed by atoms with Gasteiger partial charge in [-0.2, -0.15) is 0 Å². The Morgan fingerprint density at radius 3 is 2.77 bits per heavy atom. The third-order valence-corrected chi connectivity index (χ3v) is 4.19. The molecule has 10 heteroatoms. The highest BCUT2D eigenvalue weighted by atomic mass is 35.5. The number of rotatable bonds is 6. The van der Waals surface area contributed by atoms with Crippen LogP contribution in [0, 0.1) is 6.92 Å². The van der Waals surface area contributed by atoms with Crippen molar-refractivity contribution in [3.05, 3.63) is 46.7 Å². The highest BCUT2D eigenvalue weighted by molar-refractivity contribution is 7.99. The van der Waals surface area contributed by atoms with Crippen LogP contribution in [0.1, 0.15) is 16.1 Å². The van der Waals surface area contributed by atoms with Gasteiger partial charge >= 0.3 is 6.29 Å². The molecular weight excluding hydrogens is 388 g/mol. The number of benzene rings is 1. The first-order chi connectivity index (χ1) is 12.3. The summed E-state index contributed by atoms with van der Waals surface area (Å²) in [6.45, 7) is 1.75. The molecule has 2 heterocycles. The topological polar surface area (TPSA) is 72.5 Å². The fraction of sp³-hybridized carbons (Fsp3) is 0.250. The summed E-state index contributed by atoms with van der Waals surface area (Å²) in [5.74, 6) is 0.519. The molecule has 0 radical (unpaired) electrons. The van der Waals surface area contributed by atoms with Crippen LogP contribution >= 0.6 is 23.4 Å². The van der Waals surface area contributed by atoms with Gasteiger partial charge in [-0.15, -0.1) is 20.5 Å². The van der Waals surface area contributed by atoms with Crippen LogP contribution in [-0.2, 0) is 0 Å². The fourth-order valence-electron chi connectivity index (χ4n) is 2.22. The van der Waals surface area contributed by atoms with Gasteiger partial charge < -0.3 is 20.1 Å². The second-order valence-corrected chi connectivity index (χ2v) is 6.70. The quantitative estimate of drug-likeness (QED) is 0.435. The van der Waals surface area contributed by atoms with E-state index in [1.54, 1.807) is 19.1 Å². The number of hydrogen-bond donors (Lipinski definition) is 2. The van der Waals surface area contributed by atoms with Crippen molar-refractivity contribution in [2.75, 3.05) is 17.1 Å². The Kier molecular flexibility index (Phi) is 5.38. The summed E-state index contributed by atoms with van der Waals surface area (Å²) in [5.41, 5.74) is 1.69. The van der Waals surface area contributed by atoms with E-state index in [2.05, 4.69) is 25.1 Å². The molecule has 2 aromatic rings. The first-order valence-corrected chi connectivity index (χ1v) is 8.99. The number of halogens is 3. The largest absolute Gasteiger partial charge is 0.586 e. The number of pyridine rings is 1. The summed E-state index contributed by atoms with van der Waals surface area (Å²) in [7, 11) is 0. The first-order valence-electron chi connectivity index (χ1n) is 7.46. The highest BCUT2D eigenvalue weighted by Gasteiger charge is 2.43. The third-order valence-electron chi connectivity index (χ3n) is 3.30. The minimum atomic E-state index is -3.63. The zero-order chi connectivity index (χ0) is 18.7. The molecule has 2 N–H and O–H groups in total. The van der Waals surface area contributed by atoms with Gasteiger partial charge in [-0.3, -0.25) is 4.79 Å². The second kappa shape index (κ2) is 7.55. The Hall–Kier alpha value is -2.26. The van der Waals surface area contributed by atoms with Crippen LogP contribution in [0.3, 0.4) is 0 Å². The number of carbonyl (C=O) groups is 1. The van der Waals surface area contributed by atoms with Gasteiger partial charge in [-0.1, -0.05) is 11.6 Å². The molecule has 0 fully saturated rings. The molecule has 0 unspecified atom stereocenters. The van der Waals surface area contributed by atoms with E-state index < -0.39 is 6.29 Å². The Bertz CT molecular complexity index is 818. The predicted octanol–water partition coefficient (Wildman–Crippen LogP) is 3.86. The van der Waals surface area contributed by atoms with Crippen LogP contribution in [-0.4, -0.2) is 28.9 Å². The molecule has 0 atom stereocenters. The van der Waals surface area contributed by atoms with Gasteiger partial charge in [0.1, 0.15) is 5.15 Å². The van der Waals surface area contributed by atoms with Crippen molar-refractivity contribution in [2.24, 2.45) is 0 Å². The van der Waals surface area contributed by atoms with Crippen molar-refractivity contribution >= 4 is 35.0 Å². The molecule has 0 saturated heterocycles. The van der Waals surface area contributed by atoms with E-state index in [1.165, 1.54) is 30.0 Å². The average Bonchev–Trinajstić information content (AvgIpc) is 2.86. The van der Waals surface area contributed by atoms with E-state index in [4.69, 9.17) is 11.6 Å². The molecule has 0 spiro atoms. The Morgan fingerprint density at radius 2 is 2.00 bits per heavy atom. The summed E-state index contributed by atoms with van der Waals surface area (Å²) in [4.78, 5) is 16.0. The van der Waals surface area contributed by atoms with Gasteiger partial charge in [0.05, 0.1) is 11.8 Å². The minimum absolute atomic E-state index is 0.00762. The minimum Gasteiger partial charge on any atom is -0.395 e. The number of aromatic nitrogens is 1. The van der Waals surface area contributed by atoms with E-state index in [0.29, 0.717) is 28.7 Å². The zero-order valence-corrected chi connectivity index (χ0v) is 15.1. The second-order valence-electron chi connectivity index (χ2n) is 5.32. The predicted molar refractivity (Wildman–Crippen MR) is 95.0 cm³/mol. The Morgan fingerprint density at radius 1 is 1.23 bits per heavy atom. The van der Waals surface area contributed by atoms with Crippen LogP contribution in [0.15, 0.2) is 30.3 Å². The number of anilines is 1. The van der Waals surface area contributed by atoms with Crippen molar-refractivity contribution in [1.29, 1.82) is 0 Å². The smallest absolute Gasteiger partial charge is 0.395 e.